The molecule has 0 bridgehead atoms. The lowest BCUT2D eigenvalue weighted by atomic mass is 9.49. The molecular formula is C32H28O8. The molecule has 1 aliphatic carbocycles. The van der Waals surface area contributed by atoms with Gasteiger partial charge >= 0.3 is 0 Å². The number of ether oxygens (including phenoxy) is 2. The second-order valence-corrected chi connectivity index (χ2v) is 9.74. The summed E-state index contributed by atoms with van der Waals surface area (Å²) in [7, 11) is 2.63. The number of aromatic hydroxyl groups is 4. The molecule has 4 aromatic rings. The van der Waals surface area contributed by atoms with Gasteiger partial charge in [-0.3, -0.25) is 9.59 Å². The maximum absolute atomic E-state index is 14.3. The number of rotatable bonds is 8. The molecule has 0 aliphatic heterocycles. The van der Waals surface area contributed by atoms with E-state index in [4.69, 9.17) is 9.47 Å². The number of hydrogen-bond acceptors (Lipinski definition) is 8. The van der Waals surface area contributed by atoms with E-state index in [0.717, 1.165) is 23.3 Å². The highest BCUT2D eigenvalue weighted by Gasteiger charge is 2.59. The molecule has 0 aromatic heterocycles. The van der Waals surface area contributed by atoms with Gasteiger partial charge in [-0.15, -0.1) is 0 Å². The van der Waals surface area contributed by atoms with Crippen molar-refractivity contribution in [2.45, 2.75) is 11.8 Å². The third-order valence-electron chi connectivity index (χ3n) is 7.59. The van der Waals surface area contributed by atoms with Crippen molar-refractivity contribution in [3.05, 3.63) is 107 Å². The Bertz CT molecular complexity index is 1450. The quantitative estimate of drug-likeness (QED) is 0.218. The fourth-order valence-electron chi connectivity index (χ4n) is 5.90. The lowest BCUT2D eigenvalue weighted by Gasteiger charge is -2.51. The Morgan fingerprint density at radius 1 is 0.575 bits per heavy atom. The highest BCUT2D eigenvalue weighted by molar-refractivity contribution is 6.11. The molecule has 204 valence electrons. The molecule has 40 heavy (non-hydrogen) atoms. The maximum atomic E-state index is 14.3. The number of benzene rings is 4. The number of methoxy groups -OCH3 is 2. The molecule has 8 heteroatoms. The van der Waals surface area contributed by atoms with Crippen molar-refractivity contribution in [3.8, 4) is 34.5 Å². The summed E-state index contributed by atoms with van der Waals surface area (Å²) in [5, 5.41) is 41.5. The molecule has 5 rings (SSSR count). The molecule has 0 spiro atoms. The zero-order chi connectivity index (χ0) is 28.6. The van der Waals surface area contributed by atoms with Crippen molar-refractivity contribution in [2.24, 2.45) is 11.8 Å². The van der Waals surface area contributed by atoms with Crippen molar-refractivity contribution < 1.29 is 39.5 Å². The summed E-state index contributed by atoms with van der Waals surface area (Å²) in [5.74, 6) is -5.62. The van der Waals surface area contributed by atoms with Gasteiger partial charge in [0.05, 0.1) is 14.2 Å². The van der Waals surface area contributed by atoms with Gasteiger partial charge in [0.15, 0.2) is 11.6 Å². The third-order valence-corrected chi connectivity index (χ3v) is 7.59. The molecule has 0 radical (unpaired) electrons. The largest absolute Gasteiger partial charge is 0.508 e. The SMILES string of the molecule is COc1cc(O)cc(O)c1C(=O)[C@@H]1[C@@H](C(=O)c2c(O)cc(O)cc2OC)[C@H](c2ccccc2)[C@H]1c1ccccc1. The van der Waals surface area contributed by atoms with Crippen molar-refractivity contribution in [1.82, 2.24) is 0 Å². The monoisotopic (exact) mass is 540 g/mol. The standard InChI is InChI=1S/C32H28O8/c1-39-23-15-19(33)13-21(35)27(23)31(37)29-25(17-9-5-3-6-10-17)26(18-11-7-4-8-12-18)30(29)32(38)28-22(36)14-20(34)16-24(28)40-2/h3-16,25-26,29-30,33-36H,1-2H3/t25-,26-,29+,30+/m1/s1. The van der Waals surface area contributed by atoms with Gasteiger partial charge in [-0.25, -0.2) is 0 Å². The number of phenols is 4. The Morgan fingerprint density at radius 3 is 1.25 bits per heavy atom. The first-order valence-electron chi connectivity index (χ1n) is 12.6. The minimum Gasteiger partial charge on any atom is -0.508 e. The molecule has 1 fully saturated rings. The predicted molar refractivity (Wildman–Crippen MR) is 147 cm³/mol. The minimum absolute atomic E-state index is 0.0336. The van der Waals surface area contributed by atoms with Crippen molar-refractivity contribution in [3.63, 3.8) is 0 Å². The van der Waals surface area contributed by atoms with Crippen LogP contribution in [0, 0.1) is 11.8 Å². The normalized spacial score (nSPS) is 19.9. The van der Waals surface area contributed by atoms with E-state index in [9.17, 15) is 30.0 Å². The van der Waals surface area contributed by atoms with Crippen LogP contribution in [0.4, 0.5) is 0 Å². The number of carbonyl (C=O) groups excluding carboxylic acids is 2. The second-order valence-electron chi connectivity index (χ2n) is 9.74. The molecule has 4 aromatic carbocycles. The van der Waals surface area contributed by atoms with E-state index in [1.54, 1.807) is 0 Å². The van der Waals surface area contributed by atoms with E-state index >= 15 is 0 Å². The molecule has 4 atom stereocenters. The van der Waals surface area contributed by atoms with Crippen LogP contribution in [0.2, 0.25) is 0 Å². The van der Waals surface area contributed by atoms with Crippen LogP contribution >= 0.6 is 0 Å². The molecule has 0 heterocycles. The summed E-state index contributed by atoms with van der Waals surface area (Å²) >= 11 is 0. The van der Waals surface area contributed by atoms with E-state index in [1.807, 2.05) is 60.7 Å². The van der Waals surface area contributed by atoms with E-state index < -0.39 is 46.7 Å². The number of ketones is 2. The lowest BCUT2D eigenvalue weighted by Crippen LogP contribution is -2.51. The highest BCUT2D eigenvalue weighted by atomic mass is 16.5. The predicted octanol–water partition coefficient (Wildman–Crippen LogP) is 5.41. The summed E-state index contributed by atoms with van der Waals surface area (Å²) in [5.41, 5.74) is 1.32. The van der Waals surface area contributed by atoms with Crippen LogP contribution in [0.15, 0.2) is 84.9 Å². The molecule has 8 nitrogen and oxygen atoms in total. The van der Waals surface area contributed by atoms with Gasteiger partial charge < -0.3 is 29.9 Å². The smallest absolute Gasteiger partial charge is 0.174 e. The van der Waals surface area contributed by atoms with Crippen LogP contribution in [-0.4, -0.2) is 46.2 Å². The first kappa shape index (κ1) is 26.6. The Balaban J connectivity index is 1.73. The van der Waals surface area contributed by atoms with Crippen LogP contribution in [0.1, 0.15) is 43.7 Å². The molecular weight excluding hydrogens is 512 g/mol. The third kappa shape index (κ3) is 4.47. The van der Waals surface area contributed by atoms with Crippen molar-refractivity contribution in [1.29, 1.82) is 0 Å². The fourth-order valence-corrected chi connectivity index (χ4v) is 5.90. The molecule has 4 N–H and O–H groups in total. The van der Waals surface area contributed by atoms with Gasteiger partial charge in [0.25, 0.3) is 0 Å². The van der Waals surface area contributed by atoms with Crippen LogP contribution in [0.3, 0.4) is 0 Å². The molecule has 0 unspecified atom stereocenters. The summed E-state index contributed by atoms with van der Waals surface area (Å²) in [6.07, 6.45) is 0. The van der Waals surface area contributed by atoms with Gasteiger partial charge in [-0.05, 0) is 11.1 Å². The summed E-state index contributed by atoms with van der Waals surface area (Å²) in [6, 6.07) is 23.2. The first-order valence-corrected chi connectivity index (χ1v) is 12.6. The lowest BCUT2D eigenvalue weighted by molar-refractivity contribution is 0.0448. The van der Waals surface area contributed by atoms with Gasteiger partial charge in [-0.1, -0.05) is 60.7 Å². The van der Waals surface area contributed by atoms with E-state index in [-0.39, 0.29) is 34.1 Å². The molecule has 1 aliphatic rings. The van der Waals surface area contributed by atoms with Crippen LogP contribution in [-0.2, 0) is 0 Å². The van der Waals surface area contributed by atoms with Gasteiger partial charge in [0.2, 0.25) is 0 Å². The summed E-state index contributed by atoms with van der Waals surface area (Å²) in [4.78, 5) is 28.7. The zero-order valence-electron chi connectivity index (χ0n) is 21.8. The highest BCUT2D eigenvalue weighted by Crippen LogP contribution is 2.61. The Labute approximate surface area is 230 Å². The maximum Gasteiger partial charge on any atom is 0.174 e. The van der Waals surface area contributed by atoms with Gasteiger partial charge in [0, 0.05) is 47.9 Å². The topological polar surface area (TPSA) is 134 Å². The van der Waals surface area contributed by atoms with Crippen molar-refractivity contribution in [2.75, 3.05) is 14.2 Å². The number of hydrogen-bond donors (Lipinski definition) is 4. The second kappa shape index (κ2) is 10.6. The van der Waals surface area contributed by atoms with E-state index in [2.05, 4.69) is 0 Å². The molecule has 1 saturated carbocycles. The fraction of sp³-hybridized carbons (Fsp3) is 0.188. The van der Waals surface area contributed by atoms with Crippen LogP contribution in [0.25, 0.3) is 0 Å². The summed E-state index contributed by atoms with van der Waals surface area (Å²) in [6.45, 7) is 0. The first-order chi connectivity index (χ1) is 19.3. The van der Waals surface area contributed by atoms with Crippen LogP contribution < -0.4 is 9.47 Å². The Kier molecular flexibility index (Phi) is 7.09. The Morgan fingerprint density at radius 2 is 0.925 bits per heavy atom. The van der Waals surface area contributed by atoms with E-state index in [1.165, 1.54) is 26.4 Å². The average molecular weight is 541 g/mol. The number of Topliss-reactive ketones (excluding diaryl/α,β-unsaturated/α-hetero) is 2. The van der Waals surface area contributed by atoms with Crippen molar-refractivity contribution >= 4 is 11.6 Å². The number of carbonyl (C=O) groups is 2. The zero-order valence-corrected chi connectivity index (χ0v) is 21.8. The van der Waals surface area contributed by atoms with Crippen LogP contribution in [0.5, 0.6) is 34.5 Å². The molecule has 0 amide bonds. The number of phenolic OH excluding ortho intramolecular Hbond substituents is 4. The van der Waals surface area contributed by atoms with Gasteiger partial charge in [0.1, 0.15) is 45.6 Å². The average Bonchev–Trinajstić information content (AvgIpc) is 2.92. The van der Waals surface area contributed by atoms with Gasteiger partial charge in [-0.2, -0.15) is 0 Å². The van der Waals surface area contributed by atoms with E-state index in [0.29, 0.717) is 0 Å². The molecule has 0 saturated heterocycles. The Hall–Kier alpha value is -4.98. The minimum atomic E-state index is -0.984. The summed E-state index contributed by atoms with van der Waals surface area (Å²) < 4.78 is 10.7.